The fourth-order valence-corrected chi connectivity index (χ4v) is 6.42. The van der Waals surface area contributed by atoms with Crippen LogP contribution in [0.25, 0.3) is 0 Å². The molecule has 1 saturated heterocycles. The molecule has 0 aromatic carbocycles. The van der Waals surface area contributed by atoms with E-state index in [-0.39, 0.29) is 35.8 Å². The van der Waals surface area contributed by atoms with Crippen molar-refractivity contribution in [3.63, 3.8) is 0 Å². The molecule has 3 bridgehead atoms. The highest BCUT2D eigenvalue weighted by Gasteiger charge is 2.51. The Hall–Kier alpha value is -2.33. The second kappa shape index (κ2) is 7.17. The number of fused-ring (bicyclic) bond motifs is 2. The van der Waals surface area contributed by atoms with Crippen molar-refractivity contribution in [1.82, 2.24) is 9.47 Å². The first-order valence-electron chi connectivity index (χ1n) is 10.8. The zero-order valence-corrected chi connectivity index (χ0v) is 16.4. The average molecular weight is 397 g/mol. The molecule has 2 heterocycles. The van der Waals surface area contributed by atoms with Crippen LogP contribution in [-0.4, -0.2) is 46.0 Å². The van der Waals surface area contributed by atoms with Crippen LogP contribution in [0.4, 0.5) is 4.79 Å². The topological polar surface area (TPSA) is 95.6 Å². The predicted molar refractivity (Wildman–Crippen MR) is 104 cm³/mol. The maximum Gasteiger partial charge on any atom is 0.410 e. The molecule has 1 N–H and O–H groups in total. The van der Waals surface area contributed by atoms with Crippen LogP contribution < -0.4 is 5.56 Å². The number of aliphatic hydroxyl groups excluding tert-OH is 1. The monoisotopic (exact) mass is 397 g/mol. The summed E-state index contributed by atoms with van der Waals surface area (Å²) in [5.41, 5.74) is 0.136. The Kier molecular flexibility index (Phi) is 4.62. The van der Waals surface area contributed by atoms with Gasteiger partial charge in [0.25, 0.3) is 5.56 Å². The van der Waals surface area contributed by atoms with Gasteiger partial charge in [0.2, 0.25) is 0 Å². The molecule has 1 aromatic rings. The van der Waals surface area contributed by atoms with Crippen LogP contribution in [0.1, 0.15) is 50.1 Å². The van der Waals surface area contributed by atoms with Crippen LogP contribution in [-0.2, 0) is 4.74 Å². The standard InChI is InChI=1S/C22H27N3O4/c23-11-13-1-4-25(20(27)5-13)18-2-3-24(12-18)22(28)29-21-16-6-14-7-17(21)10-19(26)9-15(14)8-16/h1,4-5,14-19,21,26H,2-3,6-10,12H2/t14?,15?,16?,17?,18-,19?,21-/m1/s1. The lowest BCUT2D eigenvalue weighted by Gasteiger charge is -2.37. The quantitative estimate of drug-likeness (QED) is 0.826. The number of hydrogen-bond acceptors (Lipinski definition) is 5. The minimum absolute atomic E-state index is 0.0876. The normalized spacial score (nSPS) is 37.9. The van der Waals surface area contributed by atoms with Gasteiger partial charge in [0.15, 0.2) is 0 Å². The van der Waals surface area contributed by atoms with Crippen molar-refractivity contribution in [3.8, 4) is 6.07 Å². The van der Waals surface area contributed by atoms with E-state index in [9.17, 15) is 14.7 Å². The zero-order chi connectivity index (χ0) is 20.1. The number of likely N-dealkylation sites (tertiary alicyclic amines) is 1. The fourth-order valence-electron chi connectivity index (χ4n) is 6.42. The molecule has 4 fully saturated rings. The average Bonchev–Trinajstić information content (AvgIpc) is 3.27. The van der Waals surface area contributed by atoms with Crippen LogP contribution in [0.3, 0.4) is 0 Å². The maximum atomic E-state index is 12.9. The molecular weight excluding hydrogens is 370 g/mol. The molecule has 0 radical (unpaired) electrons. The highest BCUT2D eigenvalue weighted by atomic mass is 16.6. The lowest BCUT2D eigenvalue weighted by atomic mass is 9.77. The molecule has 5 unspecified atom stereocenters. The summed E-state index contributed by atoms with van der Waals surface area (Å²) in [6.07, 6.45) is 6.60. The van der Waals surface area contributed by atoms with Gasteiger partial charge >= 0.3 is 6.09 Å². The lowest BCUT2D eigenvalue weighted by Crippen LogP contribution is -2.42. The first kappa shape index (κ1) is 18.7. The summed E-state index contributed by atoms with van der Waals surface area (Å²) in [5, 5.41) is 19.2. The van der Waals surface area contributed by atoms with Crippen molar-refractivity contribution in [2.75, 3.05) is 13.1 Å². The van der Waals surface area contributed by atoms with Crippen molar-refractivity contribution < 1.29 is 14.6 Å². The van der Waals surface area contributed by atoms with Gasteiger partial charge in [0.1, 0.15) is 6.10 Å². The van der Waals surface area contributed by atoms with Crippen molar-refractivity contribution in [2.45, 2.75) is 56.8 Å². The van der Waals surface area contributed by atoms with E-state index in [1.54, 1.807) is 21.7 Å². The molecule has 5 rings (SSSR count). The van der Waals surface area contributed by atoms with Crippen LogP contribution in [0.15, 0.2) is 23.1 Å². The number of carbonyl (C=O) groups excluding carboxylic acids is 1. The van der Waals surface area contributed by atoms with Gasteiger partial charge in [0.05, 0.1) is 23.8 Å². The molecule has 0 spiro atoms. The van der Waals surface area contributed by atoms with Crippen LogP contribution in [0.2, 0.25) is 0 Å². The van der Waals surface area contributed by atoms with E-state index in [0.29, 0.717) is 42.8 Å². The van der Waals surface area contributed by atoms with Gasteiger partial charge in [-0.2, -0.15) is 5.26 Å². The van der Waals surface area contributed by atoms with E-state index in [1.165, 1.54) is 6.07 Å². The van der Waals surface area contributed by atoms with Gasteiger partial charge < -0.3 is 19.3 Å². The highest BCUT2D eigenvalue weighted by Crippen LogP contribution is 2.54. The van der Waals surface area contributed by atoms with Crippen LogP contribution in [0.5, 0.6) is 0 Å². The number of ether oxygens (including phenoxy) is 1. The van der Waals surface area contributed by atoms with Gasteiger partial charge in [-0.3, -0.25) is 4.79 Å². The molecule has 29 heavy (non-hydrogen) atoms. The molecule has 3 saturated carbocycles. The Morgan fingerprint density at radius 3 is 2.55 bits per heavy atom. The van der Waals surface area contributed by atoms with E-state index in [1.807, 2.05) is 6.07 Å². The number of pyridine rings is 1. The number of aromatic nitrogens is 1. The number of carbonyl (C=O) groups is 1. The second-order valence-corrected chi connectivity index (χ2v) is 9.38. The Balaban J connectivity index is 1.25. The smallest absolute Gasteiger partial charge is 0.410 e. The number of amides is 1. The van der Waals surface area contributed by atoms with Crippen molar-refractivity contribution in [2.24, 2.45) is 23.7 Å². The van der Waals surface area contributed by atoms with Gasteiger partial charge in [-0.1, -0.05) is 0 Å². The molecule has 7 heteroatoms. The van der Waals surface area contributed by atoms with E-state index < -0.39 is 0 Å². The SMILES string of the molecule is N#Cc1ccn([C@@H]2CCN(C(=O)O[C@H]3C4CC(O)CC5CC3CC5C4)C2)c(=O)c1. The molecule has 1 amide bonds. The summed E-state index contributed by atoms with van der Waals surface area (Å²) >= 11 is 0. The molecule has 1 aromatic heterocycles. The summed E-state index contributed by atoms with van der Waals surface area (Å²) in [6.45, 7) is 1.01. The van der Waals surface area contributed by atoms with E-state index in [0.717, 1.165) is 32.1 Å². The molecule has 154 valence electrons. The second-order valence-electron chi connectivity index (χ2n) is 9.38. The summed E-state index contributed by atoms with van der Waals surface area (Å²) in [4.78, 5) is 26.9. The fraction of sp³-hybridized carbons (Fsp3) is 0.682. The predicted octanol–water partition coefficient (Wildman–Crippen LogP) is 2.29. The van der Waals surface area contributed by atoms with Crippen molar-refractivity contribution >= 4 is 6.09 Å². The Bertz CT molecular complexity index is 906. The van der Waals surface area contributed by atoms with Crippen LogP contribution in [0, 0.1) is 35.0 Å². The summed E-state index contributed by atoms with van der Waals surface area (Å²) in [5.74, 6) is 1.98. The number of rotatable bonds is 2. The number of aliphatic hydroxyl groups is 1. The third-order valence-corrected chi connectivity index (χ3v) is 7.69. The molecule has 7 nitrogen and oxygen atoms in total. The third-order valence-electron chi connectivity index (χ3n) is 7.69. The number of hydrogen-bond donors (Lipinski definition) is 1. The molecule has 3 aliphatic carbocycles. The number of nitrogens with zero attached hydrogens (tertiary/aromatic N) is 3. The van der Waals surface area contributed by atoms with Gasteiger partial charge in [0, 0.05) is 25.4 Å². The first-order valence-corrected chi connectivity index (χ1v) is 10.8. The highest BCUT2D eigenvalue weighted by molar-refractivity contribution is 5.68. The Morgan fingerprint density at radius 2 is 1.83 bits per heavy atom. The Labute approximate surface area is 169 Å². The molecule has 4 aliphatic rings. The lowest BCUT2D eigenvalue weighted by molar-refractivity contribution is -0.0271. The van der Waals surface area contributed by atoms with Crippen molar-refractivity contribution in [3.05, 3.63) is 34.2 Å². The van der Waals surface area contributed by atoms with Gasteiger partial charge in [-0.25, -0.2) is 4.79 Å². The van der Waals surface area contributed by atoms with Crippen LogP contribution >= 0.6 is 0 Å². The first-order chi connectivity index (χ1) is 14.0. The van der Waals surface area contributed by atoms with Gasteiger partial charge in [-0.15, -0.1) is 0 Å². The summed E-state index contributed by atoms with van der Waals surface area (Å²) < 4.78 is 7.65. The minimum atomic E-state index is -0.291. The van der Waals surface area contributed by atoms with E-state index >= 15 is 0 Å². The third kappa shape index (κ3) is 3.33. The Morgan fingerprint density at radius 1 is 1.14 bits per heavy atom. The van der Waals surface area contributed by atoms with Crippen molar-refractivity contribution in [1.29, 1.82) is 5.26 Å². The summed E-state index contributed by atoms with van der Waals surface area (Å²) in [6, 6.07) is 4.85. The molecule has 7 atom stereocenters. The largest absolute Gasteiger partial charge is 0.446 e. The minimum Gasteiger partial charge on any atom is -0.446 e. The molecule has 1 aliphatic heterocycles. The van der Waals surface area contributed by atoms with E-state index in [2.05, 4.69) is 0 Å². The summed E-state index contributed by atoms with van der Waals surface area (Å²) in [7, 11) is 0. The zero-order valence-electron chi connectivity index (χ0n) is 16.4. The van der Waals surface area contributed by atoms with E-state index in [4.69, 9.17) is 10.00 Å². The number of nitriles is 1. The molecular formula is C22H27N3O4. The van der Waals surface area contributed by atoms with Gasteiger partial charge in [-0.05, 0) is 68.3 Å². The maximum absolute atomic E-state index is 12.9.